The van der Waals surface area contributed by atoms with E-state index in [9.17, 15) is 32.9 Å². The van der Waals surface area contributed by atoms with Gasteiger partial charge in [-0.05, 0) is 69.7 Å². The second kappa shape index (κ2) is 12.3. The van der Waals surface area contributed by atoms with Gasteiger partial charge in [0.15, 0.2) is 23.1 Å². The summed E-state index contributed by atoms with van der Waals surface area (Å²) in [4.78, 5) is 40.1. The van der Waals surface area contributed by atoms with E-state index in [-0.39, 0.29) is 36.1 Å². The number of nitro groups is 1. The fraction of sp³-hybridized carbons (Fsp3) is 0.394. The summed E-state index contributed by atoms with van der Waals surface area (Å²) in [5, 5.41) is 11.8. The first-order chi connectivity index (χ1) is 21.0. The molecular formula is C33H33F3N2O6. The molecule has 2 aromatic carbocycles. The highest BCUT2D eigenvalue weighted by atomic mass is 19.4. The molecule has 5 rings (SSSR count). The molecule has 0 saturated carbocycles. The molecule has 11 heteroatoms. The Labute approximate surface area is 253 Å². The number of hydrogen-bond donors (Lipinski definition) is 0. The zero-order valence-corrected chi connectivity index (χ0v) is 24.6. The van der Waals surface area contributed by atoms with E-state index < -0.39 is 34.0 Å². The summed E-state index contributed by atoms with van der Waals surface area (Å²) < 4.78 is 51.9. The van der Waals surface area contributed by atoms with Gasteiger partial charge in [0.2, 0.25) is 5.75 Å². The van der Waals surface area contributed by atoms with Crippen molar-refractivity contribution in [2.45, 2.75) is 70.9 Å². The van der Waals surface area contributed by atoms with E-state index in [0.717, 1.165) is 36.4 Å². The van der Waals surface area contributed by atoms with Crippen molar-refractivity contribution in [3.63, 3.8) is 0 Å². The smallest absolute Gasteiger partial charge is 0.416 e. The van der Waals surface area contributed by atoms with Crippen LogP contribution in [0.15, 0.2) is 65.5 Å². The summed E-state index contributed by atoms with van der Waals surface area (Å²) in [5.41, 5.74) is 2.18. The number of ether oxygens (including phenoxy) is 2. The van der Waals surface area contributed by atoms with E-state index in [0.29, 0.717) is 60.6 Å². The average molecular weight is 611 g/mol. The molecule has 0 N–H and O–H groups in total. The number of nitro benzene ring substituents is 1. The summed E-state index contributed by atoms with van der Waals surface area (Å²) >= 11 is 0. The Bertz CT molecular complexity index is 1560. The van der Waals surface area contributed by atoms with Gasteiger partial charge in [-0.3, -0.25) is 19.7 Å². The van der Waals surface area contributed by atoms with Gasteiger partial charge in [0.25, 0.3) is 0 Å². The molecule has 0 amide bonds. The summed E-state index contributed by atoms with van der Waals surface area (Å²) in [7, 11) is 0. The number of carbonyl (C=O) groups excluding carboxylic acids is 2. The maximum atomic E-state index is 13.5. The molecule has 1 aliphatic heterocycles. The van der Waals surface area contributed by atoms with Gasteiger partial charge >= 0.3 is 11.9 Å². The van der Waals surface area contributed by atoms with Crippen LogP contribution in [0.2, 0.25) is 0 Å². The number of ketones is 2. The van der Waals surface area contributed by atoms with Crippen LogP contribution in [0.25, 0.3) is 0 Å². The molecule has 0 atom stereocenters. The summed E-state index contributed by atoms with van der Waals surface area (Å²) in [5.74, 6) is -0.770. The van der Waals surface area contributed by atoms with Crippen molar-refractivity contribution in [1.82, 2.24) is 4.90 Å². The molecule has 0 radical (unpaired) electrons. The fourth-order valence-corrected chi connectivity index (χ4v) is 6.50. The number of nitrogens with zero attached hydrogens (tertiary/aromatic N) is 2. The minimum Gasteiger partial charge on any atom is -0.490 e. The Hall–Kier alpha value is -4.41. The molecule has 0 bridgehead atoms. The summed E-state index contributed by atoms with van der Waals surface area (Å²) in [6.45, 7) is 8.38. The third kappa shape index (κ3) is 5.62. The van der Waals surface area contributed by atoms with Crippen LogP contribution in [-0.4, -0.2) is 34.5 Å². The maximum Gasteiger partial charge on any atom is 0.416 e. The van der Waals surface area contributed by atoms with Crippen LogP contribution in [0.3, 0.4) is 0 Å². The lowest BCUT2D eigenvalue weighted by molar-refractivity contribution is -0.385. The molecule has 44 heavy (non-hydrogen) atoms. The van der Waals surface area contributed by atoms with Gasteiger partial charge in [-0.25, -0.2) is 0 Å². The molecule has 0 saturated heterocycles. The van der Waals surface area contributed by atoms with Crippen molar-refractivity contribution in [2.24, 2.45) is 0 Å². The highest BCUT2D eigenvalue weighted by Crippen LogP contribution is 2.51. The van der Waals surface area contributed by atoms with Gasteiger partial charge in [0, 0.05) is 59.5 Å². The number of rotatable bonds is 9. The highest BCUT2D eigenvalue weighted by Gasteiger charge is 2.43. The number of Topliss-reactive ketones (excluding diaryl/α,β-unsaturated/α-hetero) is 2. The monoisotopic (exact) mass is 610 g/mol. The molecular weight excluding hydrogens is 577 g/mol. The molecule has 2 aromatic rings. The van der Waals surface area contributed by atoms with Gasteiger partial charge in [0.1, 0.15) is 0 Å². The molecule has 3 aliphatic rings. The first-order valence-corrected chi connectivity index (χ1v) is 14.7. The zero-order valence-electron chi connectivity index (χ0n) is 24.6. The number of alkyl halides is 3. The Balaban J connectivity index is 1.71. The molecule has 0 unspecified atom stereocenters. The van der Waals surface area contributed by atoms with Crippen LogP contribution in [0, 0.1) is 10.1 Å². The number of benzene rings is 2. The fourth-order valence-electron chi connectivity index (χ4n) is 6.50. The van der Waals surface area contributed by atoms with Crippen molar-refractivity contribution < 1.29 is 37.2 Å². The van der Waals surface area contributed by atoms with Gasteiger partial charge in [0.05, 0.1) is 17.1 Å². The van der Waals surface area contributed by atoms with E-state index in [2.05, 4.69) is 11.5 Å². The normalized spacial score (nSPS) is 17.4. The van der Waals surface area contributed by atoms with Crippen molar-refractivity contribution in [1.29, 1.82) is 0 Å². The maximum absolute atomic E-state index is 13.5. The quantitative estimate of drug-likeness (QED) is 0.161. The van der Waals surface area contributed by atoms with Gasteiger partial charge in [-0.15, -0.1) is 6.58 Å². The van der Waals surface area contributed by atoms with E-state index >= 15 is 0 Å². The summed E-state index contributed by atoms with van der Waals surface area (Å²) in [6, 6.07) is 5.52. The molecule has 1 heterocycles. The van der Waals surface area contributed by atoms with E-state index in [1.807, 2.05) is 6.92 Å². The van der Waals surface area contributed by atoms with Crippen LogP contribution in [0.4, 0.5) is 18.9 Å². The van der Waals surface area contributed by atoms with Crippen LogP contribution in [-0.2, 0) is 22.2 Å². The highest BCUT2D eigenvalue weighted by molar-refractivity contribution is 6.06. The first kappa shape index (κ1) is 31.0. The van der Waals surface area contributed by atoms with Crippen LogP contribution in [0.5, 0.6) is 17.2 Å². The van der Waals surface area contributed by atoms with Crippen molar-refractivity contribution in [3.8, 4) is 17.2 Å². The van der Waals surface area contributed by atoms with Crippen LogP contribution < -0.4 is 9.47 Å². The van der Waals surface area contributed by atoms with E-state index in [1.54, 1.807) is 25.1 Å². The van der Waals surface area contributed by atoms with Crippen molar-refractivity contribution in [2.75, 3.05) is 13.2 Å². The van der Waals surface area contributed by atoms with Gasteiger partial charge < -0.3 is 14.4 Å². The molecule has 8 nitrogen and oxygen atoms in total. The molecule has 0 aromatic heterocycles. The van der Waals surface area contributed by atoms with Crippen molar-refractivity contribution in [3.05, 3.63) is 92.3 Å². The van der Waals surface area contributed by atoms with Crippen LogP contribution >= 0.6 is 0 Å². The van der Waals surface area contributed by atoms with E-state index in [4.69, 9.17) is 9.47 Å². The molecule has 232 valence electrons. The predicted octanol–water partition coefficient (Wildman–Crippen LogP) is 7.97. The standard InChI is InChI=1S/C33H33F3N2O6/c1-4-9-19-16-20(29-30-22(10-7-12-25(30)39)37(5-2)23-11-8-13-26(40)31(23)29)17-28(43-6-3)32(19)44-27-15-14-21(33(34,35)36)18-24(27)38(41)42/h4,14-18,29H,1,5-13H2,2-3H3. The van der Waals surface area contributed by atoms with Crippen LogP contribution in [0.1, 0.15) is 75.0 Å². The Kier molecular flexibility index (Phi) is 8.67. The lowest BCUT2D eigenvalue weighted by Gasteiger charge is -2.43. The lowest BCUT2D eigenvalue weighted by atomic mass is 9.70. The third-order valence-corrected chi connectivity index (χ3v) is 8.25. The largest absolute Gasteiger partial charge is 0.490 e. The summed E-state index contributed by atoms with van der Waals surface area (Å²) in [6.07, 6.45) is 0.655. The number of allylic oxidation sites excluding steroid dienone is 5. The predicted molar refractivity (Wildman–Crippen MR) is 157 cm³/mol. The second-order valence-corrected chi connectivity index (χ2v) is 10.9. The molecule has 2 aliphatic carbocycles. The Morgan fingerprint density at radius 2 is 1.64 bits per heavy atom. The zero-order chi connectivity index (χ0) is 31.8. The number of halogens is 3. The SMILES string of the molecule is C=CCc1cc(C2C3=C(CCCC3=O)N(CC)C3=C2C(=O)CCC3)cc(OCC)c1Oc1ccc(C(F)(F)F)cc1[N+](=O)[O-]. The Morgan fingerprint density at radius 1 is 1.00 bits per heavy atom. The first-order valence-electron chi connectivity index (χ1n) is 14.7. The number of hydrogen-bond acceptors (Lipinski definition) is 7. The topological polar surface area (TPSA) is 99.0 Å². The average Bonchev–Trinajstić information content (AvgIpc) is 2.97. The minimum absolute atomic E-state index is 0.0106. The number of carbonyl (C=O) groups is 2. The minimum atomic E-state index is -4.78. The van der Waals surface area contributed by atoms with Gasteiger partial charge in [-0.2, -0.15) is 13.2 Å². The van der Waals surface area contributed by atoms with E-state index in [1.165, 1.54) is 0 Å². The molecule has 0 spiro atoms. The van der Waals surface area contributed by atoms with Crippen molar-refractivity contribution >= 4 is 17.3 Å². The Morgan fingerprint density at radius 3 is 2.16 bits per heavy atom. The van der Waals surface area contributed by atoms with Gasteiger partial charge in [-0.1, -0.05) is 12.1 Å². The molecule has 0 fully saturated rings. The third-order valence-electron chi connectivity index (χ3n) is 8.25. The second-order valence-electron chi connectivity index (χ2n) is 10.9. The lowest BCUT2D eigenvalue weighted by Crippen LogP contribution is -2.39.